The fourth-order valence-corrected chi connectivity index (χ4v) is 2.68. The maximum Gasteiger partial charge on any atom is 0.237 e. The summed E-state index contributed by atoms with van der Waals surface area (Å²) in [5.41, 5.74) is 1.06. The van der Waals surface area contributed by atoms with Crippen LogP contribution in [0.25, 0.3) is 0 Å². The molecule has 0 aliphatic heterocycles. The van der Waals surface area contributed by atoms with Crippen molar-refractivity contribution in [2.24, 2.45) is 7.05 Å². The minimum atomic E-state index is -0.138. The van der Waals surface area contributed by atoms with Crippen LogP contribution < -0.4 is 10.6 Å². The van der Waals surface area contributed by atoms with Crippen LogP contribution in [0.1, 0.15) is 44.7 Å². The molecule has 1 atom stereocenters. The van der Waals surface area contributed by atoms with E-state index in [1.807, 2.05) is 26.2 Å². The zero-order valence-corrected chi connectivity index (χ0v) is 12.6. The monoisotopic (exact) mass is 278 g/mol. The van der Waals surface area contributed by atoms with Gasteiger partial charge in [-0.2, -0.15) is 5.10 Å². The van der Waals surface area contributed by atoms with Crippen molar-refractivity contribution in [3.8, 4) is 0 Å². The number of nitrogens with one attached hydrogen (secondary N) is 2. The molecule has 1 aliphatic rings. The fraction of sp³-hybridized carbons (Fsp3) is 0.733. The summed E-state index contributed by atoms with van der Waals surface area (Å²) >= 11 is 0. The average molecular weight is 278 g/mol. The summed E-state index contributed by atoms with van der Waals surface area (Å²) in [5, 5.41) is 10.7. The fourth-order valence-electron chi connectivity index (χ4n) is 2.68. The summed E-state index contributed by atoms with van der Waals surface area (Å²) < 4.78 is 1.80. The largest absolute Gasteiger partial charge is 0.352 e. The third-order valence-electron chi connectivity index (χ3n) is 3.95. The van der Waals surface area contributed by atoms with Crippen molar-refractivity contribution in [2.75, 3.05) is 6.54 Å². The van der Waals surface area contributed by atoms with Crippen LogP contribution in [-0.2, 0) is 18.3 Å². The Balaban J connectivity index is 1.65. The van der Waals surface area contributed by atoms with Crippen LogP contribution in [0.2, 0.25) is 0 Å². The molecule has 1 saturated carbocycles. The van der Waals surface area contributed by atoms with E-state index in [2.05, 4.69) is 15.7 Å². The first-order valence-electron chi connectivity index (χ1n) is 7.67. The van der Waals surface area contributed by atoms with Crippen LogP contribution in [0.3, 0.4) is 0 Å². The molecule has 0 aromatic carbocycles. The normalized spacial score (nSPS) is 17.9. The lowest BCUT2D eigenvalue weighted by Gasteiger charge is -2.24. The summed E-state index contributed by atoms with van der Waals surface area (Å²) in [7, 11) is 1.91. The number of carbonyl (C=O) groups excluding carboxylic acids is 1. The lowest BCUT2D eigenvalue weighted by molar-refractivity contribution is -0.123. The highest BCUT2D eigenvalue weighted by Crippen LogP contribution is 2.17. The number of carbonyl (C=O) groups is 1. The molecule has 0 saturated heterocycles. The lowest BCUT2D eigenvalue weighted by atomic mass is 9.95. The van der Waals surface area contributed by atoms with Crippen LogP contribution in [0, 0.1) is 0 Å². The van der Waals surface area contributed by atoms with E-state index in [9.17, 15) is 4.79 Å². The molecule has 20 heavy (non-hydrogen) atoms. The molecule has 1 heterocycles. The molecule has 1 aromatic heterocycles. The molecule has 5 heteroatoms. The van der Waals surface area contributed by atoms with E-state index in [0.29, 0.717) is 6.04 Å². The van der Waals surface area contributed by atoms with Crippen LogP contribution in [-0.4, -0.2) is 34.3 Å². The number of nitrogens with zero attached hydrogens (tertiary/aromatic N) is 2. The summed E-state index contributed by atoms with van der Waals surface area (Å²) in [6, 6.07) is 2.26. The standard InChI is InChI=1S/C15H26N4O/c1-12(15(20)17-13-6-4-3-5-7-13)16-10-8-14-9-11-19(2)18-14/h9,11-13,16H,3-8,10H2,1-2H3,(H,17,20). The van der Waals surface area contributed by atoms with E-state index in [4.69, 9.17) is 0 Å². The molecule has 0 bridgehead atoms. The predicted octanol–water partition coefficient (Wildman–Crippen LogP) is 1.39. The summed E-state index contributed by atoms with van der Waals surface area (Å²) in [6.45, 7) is 2.70. The summed E-state index contributed by atoms with van der Waals surface area (Å²) in [6.07, 6.45) is 8.85. The number of hydrogen-bond acceptors (Lipinski definition) is 3. The first-order chi connectivity index (χ1) is 9.65. The van der Waals surface area contributed by atoms with Gasteiger partial charge in [0.25, 0.3) is 0 Å². The van der Waals surface area contributed by atoms with Crippen LogP contribution in [0.5, 0.6) is 0 Å². The first-order valence-corrected chi connectivity index (χ1v) is 7.67. The zero-order valence-electron chi connectivity index (χ0n) is 12.6. The van der Waals surface area contributed by atoms with Gasteiger partial charge in [-0.05, 0) is 25.8 Å². The summed E-state index contributed by atoms with van der Waals surface area (Å²) in [5.74, 6) is 0.123. The van der Waals surface area contributed by atoms with Gasteiger partial charge in [-0.1, -0.05) is 19.3 Å². The minimum absolute atomic E-state index is 0.123. The van der Waals surface area contributed by atoms with Crippen molar-refractivity contribution >= 4 is 5.91 Å². The molecular formula is C15H26N4O. The summed E-state index contributed by atoms with van der Waals surface area (Å²) in [4.78, 5) is 12.1. The van der Waals surface area contributed by atoms with E-state index in [-0.39, 0.29) is 11.9 Å². The van der Waals surface area contributed by atoms with Crippen molar-refractivity contribution < 1.29 is 4.79 Å². The van der Waals surface area contributed by atoms with E-state index >= 15 is 0 Å². The smallest absolute Gasteiger partial charge is 0.237 e. The van der Waals surface area contributed by atoms with Gasteiger partial charge in [-0.15, -0.1) is 0 Å². The van der Waals surface area contributed by atoms with Gasteiger partial charge in [-0.3, -0.25) is 9.48 Å². The molecule has 1 aromatic rings. The molecule has 1 unspecified atom stereocenters. The molecule has 0 radical (unpaired) electrons. The predicted molar refractivity (Wildman–Crippen MR) is 79.4 cm³/mol. The number of rotatable bonds is 6. The molecule has 5 nitrogen and oxygen atoms in total. The second-order valence-electron chi connectivity index (χ2n) is 5.75. The molecule has 1 aliphatic carbocycles. The quantitative estimate of drug-likeness (QED) is 0.827. The third kappa shape index (κ3) is 4.63. The molecule has 0 spiro atoms. The van der Waals surface area contributed by atoms with Gasteiger partial charge < -0.3 is 10.6 Å². The van der Waals surface area contributed by atoms with Gasteiger partial charge in [0.15, 0.2) is 0 Å². The Bertz CT molecular complexity index is 423. The van der Waals surface area contributed by atoms with Crippen LogP contribution >= 0.6 is 0 Å². The number of aryl methyl sites for hydroxylation is 1. The molecule has 2 rings (SSSR count). The SMILES string of the molecule is CC(NCCc1ccn(C)n1)C(=O)NC1CCCCC1. The van der Waals surface area contributed by atoms with Gasteiger partial charge in [0.2, 0.25) is 5.91 Å². The van der Waals surface area contributed by atoms with Crippen molar-refractivity contribution in [3.05, 3.63) is 18.0 Å². The first kappa shape index (κ1) is 15.0. The van der Waals surface area contributed by atoms with Gasteiger partial charge in [0.1, 0.15) is 0 Å². The maximum atomic E-state index is 12.1. The number of aromatic nitrogens is 2. The highest BCUT2D eigenvalue weighted by molar-refractivity contribution is 5.81. The average Bonchev–Trinajstić information content (AvgIpc) is 2.85. The Hall–Kier alpha value is -1.36. The lowest BCUT2D eigenvalue weighted by Crippen LogP contribution is -2.47. The second-order valence-corrected chi connectivity index (χ2v) is 5.75. The number of amides is 1. The Morgan fingerprint density at radius 3 is 2.85 bits per heavy atom. The Morgan fingerprint density at radius 1 is 1.45 bits per heavy atom. The number of hydrogen-bond donors (Lipinski definition) is 2. The Morgan fingerprint density at radius 2 is 2.20 bits per heavy atom. The van der Waals surface area contributed by atoms with Crippen molar-refractivity contribution in [1.29, 1.82) is 0 Å². The maximum absolute atomic E-state index is 12.1. The highest BCUT2D eigenvalue weighted by Gasteiger charge is 2.19. The molecular weight excluding hydrogens is 252 g/mol. The van der Waals surface area contributed by atoms with Crippen LogP contribution in [0.4, 0.5) is 0 Å². The third-order valence-corrected chi connectivity index (χ3v) is 3.95. The second kappa shape index (κ2) is 7.43. The van der Waals surface area contributed by atoms with Crippen molar-refractivity contribution in [2.45, 2.75) is 57.5 Å². The van der Waals surface area contributed by atoms with Gasteiger partial charge in [-0.25, -0.2) is 0 Å². The molecule has 1 fully saturated rings. The van der Waals surface area contributed by atoms with E-state index < -0.39 is 0 Å². The van der Waals surface area contributed by atoms with Gasteiger partial charge in [0.05, 0.1) is 11.7 Å². The minimum Gasteiger partial charge on any atom is -0.352 e. The topological polar surface area (TPSA) is 59.0 Å². The highest BCUT2D eigenvalue weighted by atomic mass is 16.2. The van der Waals surface area contributed by atoms with E-state index in [1.165, 1.54) is 19.3 Å². The van der Waals surface area contributed by atoms with Gasteiger partial charge in [0, 0.05) is 32.3 Å². The van der Waals surface area contributed by atoms with Crippen molar-refractivity contribution in [1.82, 2.24) is 20.4 Å². The van der Waals surface area contributed by atoms with E-state index in [0.717, 1.165) is 31.5 Å². The van der Waals surface area contributed by atoms with Crippen molar-refractivity contribution in [3.63, 3.8) is 0 Å². The zero-order chi connectivity index (χ0) is 14.4. The Kier molecular flexibility index (Phi) is 5.59. The molecule has 1 amide bonds. The van der Waals surface area contributed by atoms with Crippen LogP contribution in [0.15, 0.2) is 12.3 Å². The Labute approximate surface area is 121 Å². The molecule has 112 valence electrons. The molecule has 2 N–H and O–H groups in total. The van der Waals surface area contributed by atoms with E-state index in [1.54, 1.807) is 4.68 Å². The van der Waals surface area contributed by atoms with Gasteiger partial charge >= 0.3 is 0 Å².